The fraction of sp³-hybridized carbons (Fsp3) is 0.615. The van der Waals surface area contributed by atoms with Gasteiger partial charge in [-0.15, -0.1) is 0 Å². The molecule has 1 fully saturated rings. The topological polar surface area (TPSA) is 72.1 Å². The molecular formula is C13H20N4O. The van der Waals surface area contributed by atoms with E-state index in [1.807, 2.05) is 6.92 Å². The molecule has 0 radical (unpaired) electrons. The highest BCUT2D eigenvalue weighted by Gasteiger charge is 2.29. The van der Waals surface area contributed by atoms with E-state index in [-0.39, 0.29) is 5.91 Å². The molecule has 98 valence electrons. The highest BCUT2D eigenvalue weighted by Crippen LogP contribution is 2.25. The van der Waals surface area contributed by atoms with Gasteiger partial charge < -0.3 is 5.73 Å². The third-order valence-electron chi connectivity index (χ3n) is 3.57. The number of carbonyl (C=O) groups excluding carboxylic acids is 1. The lowest BCUT2D eigenvalue weighted by molar-refractivity contribution is -0.124. The lowest BCUT2D eigenvalue weighted by Gasteiger charge is -2.34. The number of amides is 1. The van der Waals surface area contributed by atoms with Crippen molar-refractivity contribution in [1.82, 2.24) is 14.9 Å². The fourth-order valence-corrected chi connectivity index (χ4v) is 2.39. The van der Waals surface area contributed by atoms with Crippen molar-refractivity contribution in [3.63, 3.8) is 0 Å². The quantitative estimate of drug-likeness (QED) is 0.867. The van der Waals surface area contributed by atoms with Crippen molar-refractivity contribution in [2.75, 3.05) is 13.1 Å². The summed E-state index contributed by atoms with van der Waals surface area (Å²) in [5.74, 6) is 1.11. The first-order chi connectivity index (χ1) is 8.58. The number of hydrogen-bond acceptors (Lipinski definition) is 4. The molecule has 1 aromatic rings. The van der Waals surface area contributed by atoms with Gasteiger partial charge in [0.2, 0.25) is 5.91 Å². The summed E-state index contributed by atoms with van der Waals surface area (Å²) in [7, 11) is 0. The molecule has 2 N–H and O–H groups in total. The Labute approximate surface area is 107 Å². The van der Waals surface area contributed by atoms with Crippen LogP contribution in [0.1, 0.15) is 37.2 Å². The Morgan fingerprint density at radius 2 is 1.94 bits per heavy atom. The number of nitrogens with two attached hydrogens (primary N) is 1. The molecule has 1 aromatic heterocycles. The van der Waals surface area contributed by atoms with Crippen LogP contribution < -0.4 is 5.73 Å². The summed E-state index contributed by atoms with van der Waals surface area (Å²) in [5.41, 5.74) is 6.33. The van der Waals surface area contributed by atoms with Crippen LogP contribution in [0.25, 0.3) is 0 Å². The van der Waals surface area contributed by atoms with Crippen LogP contribution in [-0.2, 0) is 4.79 Å². The summed E-state index contributed by atoms with van der Waals surface area (Å²) in [4.78, 5) is 22.1. The molecule has 0 bridgehead atoms. The van der Waals surface area contributed by atoms with Crippen LogP contribution in [0.15, 0.2) is 12.4 Å². The van der Waals surface area contributed by atoms with Crippen LogP contribution in [0, 0.1) is 12.8 Å². The molecule has 1 aliphatic rings. The van der Waals surface area contributed by atoms with Crippen LogP contribution in [-0.4, -0.2) is 33.9 Å². The van der Waals surface area contributed by atoms with E-state index in [1.54, 1.807) is 12.4 Å². The predicted molar refractivity (Wildman–Crippen MR) is 68.7 cm³/mol. The standard InChI is InChI=1S/C13H20N4O/c1-9-3-5-17(6-4-9)12(13(14)18)11-7-15-10(2)16-8-11/h7-9,12H,3-6H2,1-2H3,(H2,14,18). The van der Waals surface area contributed by atoms with Gasteiger partial charge in [-0.1, -0.05) is 6.92 Å². The van der Waals surface area contributed by atoms with Crippen LogP contribution in [0.3, 0.4) is 0 Å². The Balaban J connectivity index is 2.18. The molecular weight excluding hydrogens is 228 g/mol. The second kappa shape index (κ2) is 5.44. The van der Waals surface area contributed by atoms with Crippen molar-refractivity contribution in [2.24, 2.45) is 11.7 Å². The Bertz CT molecular complexity index is 410. The van der Waals surface area contributed by atoms with Gasteiger partial charge >= 0.3 is 0 Å². The van der Waals surface area contributed by atoms with Gasteiger partial charge in [0, 0.05) is 18.0 Å². The summed E-state index contributed by atoms with van der Waals surface area (Å²) in [6.45, 7) is 5.88. The van der Waals surface area contributed by atoms with Gasteiger partial charge in [0.25, 0.3) is 0 Å². The molecule has 0 spiro atoms. The second-order valence-corrected chi connectivity index (χ2v) is 5.09. The number of rotatable bonds is 3. The van der Waals surface area contributed by atoms with Gasteiger partial charge in [0.05, 0.1) is 0 Å². The van der Waals surface area contributed by atoms with E-state index in [4.69, 9.17) is 5.73 Å². The first-order valence-corrected chi connectivity index (χ1v) is 6.40. The lowest BCUT2D eigenvalue weighted by Crippen LogP contribution is -2.42. The summed E-state index contributed by atoms with van der Waals surface area (Å²) in [5, 5.41) is 0. The van der Waals surface area contributed by atoms with Crippen molar-refractivity contribution in [3.05, 3.63) is 23.8 Å². The van der Waals surface area contributed by atoms with E-state index >= 15 is 0 Å². The van der Waals surface area contributed by atoms with Gasteiger partial charge in [0.15, 0.2) is 0 Å². The van der Waals surface area contributed by atoms with Crippen molar-refractivity contribution >= 4 is 5.91 Å². The number of likely N-dealkylation sites (tertiary alicyclic amines) is 1. The molecule has 1 amide bonds. The lowest BCUT2D eigenvalue weighted by atomic mass is 9.96. The van der Waals surface area contributed by atoms with Crippen LogP contribution in [0.5, 0.6) is 0 Å². The molecule has 2 heterocycles. The average Bonchev–Trinajstić information content (AvgIpc) is 2.34. The van der Waals surface area contributed by atoms with Crippen molar-refractivity contribution in [3.8, 4) is 0 Å². The summed E-state index contributed by atoms with van der Waals surface area (Å²) >= 11 is 0. The number of hydrogen-bond donors (Lipinski definition) is 1. The molecule has 5 heteroatoms. The maximum atomic E-state index is 11.7. The molecule has 1 atom stereocenters. The van der Waals surface area contributed by atoms with Crippen LogP contribution in [0.4, 0.5) is 0 Å². The molecule has 2 rings (SSSR count). The monoisotopic (exact) mass is 248 g/mol. The Morgan fingerprint density at radius 3 is 2.44 bits per heavy atom. The van der Waals surface area contributed by atoms with E-state index in [0.717, 1.165) is 37.4 Å². The molecule has 0 aromatic carbocycles. The Kier molecular flexibility index (Phi) is 3.91. The van der Waals surface area contributed by atoms with Gasteiger partial charge in [-0.05, 0) is 38.8 Å². The molecule has 1 aliphatic heterocycles. The third-order valence-corrected chi connectivity index (χ3v) is 3.57. The summed E-state index contributed by atoms with van der Waals surface area (Å²) in [6.07, 6.45) is 5.62. The van der Waals surface area contributed by atoms with Gasteiger partial charge in [-0.2, -0.15) is 0 Å². The van der Waals surface area contributed by atoms with Crippen molar-refractivity contribution < 1.29 is 4.79 Å². The van der Waals surface area contributed by atoms with Crippen molar-refractivity contribution in [2.45, 2.75) is 32.7 Å². The molecule has 1 unspecified atom stereocenters. The van der Waals surface area contributed by atoms with E-state index < -0.39 is 6.04 Å². The highest BCUT2D eigenvalue weighted by atomic mass is 16.1. The highest BCUT2D eigenvalue weighted by molar-refractivity contribution is 5.81. The van der Waals surface area contributed by atoms with Gasteiger partial charge in [-0.25, -0.2) is 9.97 Å². The van der Waals surface area contributed by atoms with Gasteiger partial charge in [-0.3, -0.25) is 9.69 Å². The summed E-state index contributed by atoms with van der Waals surface area (Å²) < 4.78 is 0. The Morgan fingerprint density at radius 1 is 1.39 bits per heavy atom. The first-order valence-electron chi connectivity index (χ1n) is 6.40. The van der Waals surface area contributed by atoms with E-state index in [2.05, 4.69) is 21.8 Å². The maximum absolute atomic E-state index is 11.7. The fourth-order valence-electron chi connectivity index (χ4n) is 2.39. The molecule has 18 heavy (non-hydrogen) atoms. The normalized spacial score (nSPS) is 19.7. The van der Waals surface area contributed by atoms with E-state index in [0.29, 0.717) is 5.82 Å². The largest absolute Gasteiger partial charge is 0.368 e. The molecule has 0 saturated carbocycles. The second-order valence-electron chi connectivity index (χ2n) is 5.09. The SMILES string of the molecule is Cc1ncc(C(C(N)=O)N2CCC(C)CC2)cn1. The number of piperidine rings is 1. The number of aryl methyl sites for hydroxylation is 1. The van der Waals surface area contributed by atoms with Gasteiger partial charge in [0.1, 0.15) is 11.9 Å². The maximum Gasteiger partial charge on any atom is 0.239 e. The predicted octanol–water partition coefficient (Wildman–Crippen LogP) is 1.04. The number of carbonyl (C=O) groups is 1. The van der Waals surface area contributed by atoms with Crippen molar-refractivity contribution in [1.29, 1.82) is 0 Å². The molecule has 0 aliphatic carbocycles. The zero-order chi connectivity index (χ0) is 13.1. The zero-order valence-electron chi connectivity index (χ0n) is 11.0. The molecule has 1 saturated heterocycles. The smallest absolute Gasteiger partial charge is 0.239 e. The minimum Gasteiger partial charge on any atom is -0.368 e. The minimum atomic E-state index is -0.391. The number of primary amides is 1. The number of nitrogens with zero attached hydrogens (tertiary/aromatic N) is 3. The van der Waals surface area contributed by atoms with Crippen LogP contribution in [0.2, 0.25) is 0 Å². The minimum absolute atomic E-state index is 0.322. The first kappa shape index (κ1) is 13.0. The zero-order valence-corrected chi connectivity index (χ0v) is 11.0. The number of aromatic nitrogens is 2. The van der Waals surface area contributed by atoms with E-state index in [1.165, 1.54) is 0 Å². The average molecular weight is 248 g/mol. The third kappa shape index (κ3) is 2.85. The molecule has 5 nitrogen and oxygen atoms in total. The van der Waals surface area contributed by atoms with E-state index in [9.17, 15) is 4.79 Å². The van der Waals surface area contributed by atoms with Crippen LogP contribution >= 0.6 is 0 Å². The summed E-state index contributed by atoms with van der Waals surface area (Å²) in [6, 6.07) is -0.391. The Hall–Kier alpha value is -1.49.